The summed E-state index contributed by atoms with van der Waals surface area (Å²) in [5, 5.41) is 10.4. The lowest BCUT2D eigenvalue weighted by molar-refractivity contribution is 0.0695. The quantitative estimate of drug-likeness (QED) is 0.487. The standard InChI is InChI=1S/C19H11ClN2O4.C2H6/c20-13-6-4-9(19(25)26)8-15(13)22-17(23)11-3-1-2-10-14(21)7-5-12(16(10)11)18(22)24;1-2/h1-8H,21H2,(H,25,26);1-2H3. The van der Waals surface area contributed by atoms with E-state index in [2.05, 4.69) is 0 Å². The third-order valence-electron chi connectivity index (χ3n) is 4.38. The highest BCUT2D eigenvalue weighted by Crippen LogP contribution is 2.37. The number of rotatable bonds is 2. The van der Waals surface area contributed by atoms with Gasteiger partial charge in [-0.1, -0.05) is 37.6 Å². The molecule has 0 atom stereocenters. The molecule has 142 valence electrons. The van der Waals surface area contributed by atoms with Gasteiger partial charge in [-0.3, -0.25) is 9.59 Å². The predicted molar refractivity (Wildman–Crippen MR) is 109 cm³/mol. The van der Waals surface area contributed by atoms with Crippen LogP contribution < -0.4 is 10.6 Å². The van der Waals surface area contributed by atoms with Crippen molar-refractivity contribution in [2.24, 2.45) is 0 Å². The number of nitrogens with zero attached hydrogens (tertiary/aromatic N) is 1. The Morgan fingerprint density at radius 2 is 1.64 bits per heavy atom. The second-order valence-electron chi connectivity index (χ2n) is 5.85. The Labute approximate surface area is 166 Å². The lowest BCUT2D eigenvalue weighted by Crippen LogP contribution is -2.40. The number of hydrogen-bond donors (Lipinski definition) is 2. The molecule has 1 aliphatic heterocycles. The van der Waals surface area contributed by atoms with Crippen LogP contribution in [-0.2, 0) is 0 Å². The monoisotopic (exact) mass is 396 g/mol. The molecule has 0 aliphatic carbocycles. The molecule has 0 saturated carbocycles. The summed E-state index contributed by atoms with van der Waals surface area (Å²) in [7, 11) is 0. The fourth-order valence-corrected chi connectivity index (χ4v) is 3.36. The smallest absolute Gasteiger partial charge is 0.335 e. The number of carboxylic acids is 1. The van der Waals surface area contributed by atoms with Crippen LogP contribution in [-0.4, -0.2) is 22.9 Å². The molecule has 1 heterocycles. The molecule has 0 unspecified atom stereocenters. The van der Waals surface area contributed by atoms with Crippen LogP contribution in [0.5, 0.6) is 0 Å². The van der Waals surface area contributed by atoms with Crippen molar-refractivity contribution in [1.29, 1.82) is 0 Å². The molecule has 0 fully saturated rings. The third-order valence-corrected chi connectivity index (χ3v) is 4.69. The molecule has 3 N–H and O–H groups in total. The number of carbonyl (C=O) groups excluding carboxylic acids is 2. The molecule has 1 aliphatic rings. The second-order valence-corrected chi connectivity index (χ2v) is 6.25. The number of hydrogen-bond acceptors (Lipinski definition) is 4. The summed E-state index contributed by atoms with van der Waals surface area (Å²) in [4.78, 5) is 38.2. The average molecular weight is 397 g/mol. The third kappa shape index (κ3) is 2.88. The molecule has 6 nitrogen and oxygen atoms in total. The van der Waals surface area contributed by atoms with Gasteiger partial charge in [0, 0.05) is 27.6 Å². The van der Waals surface area contributed by atoms with Gasteiger partial charge in [-0.15, -0.1) is 0 Å². The van der Waals surface area contributed by atoms with Crippen molar-refractivity contribution in [3.05, 3.63) is 70.2 Å². The van der Waals surface area contributed by atoms with Crippen molar-refractivity contribution in [3.63, 3.8) is 0 Å². The van der Waals surface area contributed by atoms with Crippen LogP contribution in [0.2, 0.25) is 5.02 Å². The average Bonchev–Trinajstić information content (AvgIpc) is 2.70. The van der Waals surface area contributed by atoms with Gasteiger partial charge in [0.15, 0.2) is 0 Å². The highest BCUT2D eigenvalue weighted by Gasteiger charge is 2.35. The first-order valence-electron chi connectivity index (χ1n) is 8.63. The van der Waals surface area contributed by atoms with E-state index in [9.17, 15) is 19.5 Å². The molecule has 3 aromatic carbocycles. The molecular formula is C21H17ClN2O4. The van der Waals surface area contributed by atoms with Crippen molar-refractivity contribution >= 4 is 51.5 Å². The summed E-state index contributed by atoms with van der Waals surface area (Å²) in [6.07, 6.45) is 0. The lowest BCUT2D eigenvalue weighted by Gasteiger charge is -2.28. The molecule has 2 amide bonds. The minimum atomic E-state index is -1.19. The van der Waals surface area contributed by atoms with Crippen molar-refractivity contribution < 1.29 is 19.5 Å². The van der Waals surface area contributed by atoms with Gasteiger partial charge in [-0.25, -0.2) is 9.69 Å². The van der Waals surface area contributed by atoms with Crippen LogP contribution >= 0.6 is 11.6 Å². The summed E-state index contributed by atoms with van der Waals surface area (Å²) in [6, 6.07) is 12.0. The number of carbonyl (C=O) groups is 3. The van der Waals surface area contributed by atoms with Crippen LogP contribution in [0.3, 0.4) is 0 Å². The molecular weight excluding hydrogens is 380 g/mol. The Kier molecular flexibility index (Phi) is 5.07. The fourth-order valence-electron chi connectivity index (χ4n) is 3.15. The Hall–Kier alpha value is -3.38. The van der Waals surface area contributed by atoms with Gasteiger partial charge in [0.1, 0.15) is 0 Å². The number of benzene rings is 3. The van der Waals surface area contributed by atoms with E-state index in [1.165, 1.54) is 18.2 Å². The summed E-state index contributed by atoms with van der Waals surface area (Å²) in [5.74, 6) is -2.35. The zero-order valence-corrected chi connectivity index (χ0v) is 15.9. The first-order valence-corrected chi connectivity index (χ1v) is 9.01. The van der Waals surface area contributed by atoms with E-state index in [1.54, 1.807) is 30.3 Å². The van der Waals surface area contributed by atoms with Crippen LogP contribution in [0.25, 0.3) is 10.8 Å². The van der Waals surface area contributed by atoms with Crippen molar-refractivity contribution in [1.82, 2.24) is 0 Å². The summed E-state index contributed by atoms with van der Waals surface area (Å²) in [5.41, 5.74) is 6.99. The first-order chi connectivity index (χ1) is 13.4. The van der Waals surface area contributed by atoms with Crippen molar-refractivity contribution in [2.45, 2.75) is 13.8 Å². The minimum absolute atomic E-state index is 0.0287. The first kappa shape index (κ1) is 19.4. The maximum atomic E-state index is 13.0. The highest BCUT2D eigenvalue weighted by atomic mass is 35.5. The summed E-state index contributed by atoms with van der Waals surface area (Å²) < 4.78 is 0. The molecule has 0 aromatic heterocycles. The van der Waals surface area contributed by atoms with Gasteiger partial charge in [0.05, 0.1) is 16.3 Å². The van der Waals surface area contributed by atoms with E-state index >= 15 is 0 Å². The van der Waals surface area contributed by atoms with E-state index in [0.29, 0.717) is 27.6 Å². The zero-order valence-electron chi connectivity index (χ0n) is 15.2. The van der Waals surface area contributed by atoms with Crippen LogP contribution in [0.4, 0.5) is 11.4 Å². The molecule has 0 saturated heterocycles. The maximum absolute atomic E-state index is 13.0. The summed E-state index contributed by atoms with van der Waals surface area (Å²) in [6.45, 7) is 4.00. The van der Waals surface area contributed by atoms with E-state index in [-0.39, 0.29) is 16.3 Å². The largest absolute Gasteiger partial charge is 0.478 e. The number of nitrogen functional groups attached to an aromatic ring is 1. The van der Waals surface area contributed by atoms with Crippen molar-refractivity contribution in [3.8, 4) is 0 Å². The molecule has 7 heteroatoms. The van der Waals surface area contributed by atoms with Crippen LogP contribution in [0, 0.1) is 0 Å². The van der Waals surface area contributed by atoms with Gasteiger partial charge >= 0.3 is 5.97 Å². The van der Waals surface area contributed by atoms with Crippen LogP contribution in [0.15, 0.2) is 48.5 Å². The molecule has 4 rings (SSSR count). The van der Waals surface area contributed by atoms with Gasteiger partial charge in [-0.05, 0) is 36.4 Å². The van der Waals surface area contributed by atoms with E-state index in [0.717, 1.165) is 4.90 Å². The normalized spacial score (nSPS) is 12.6. The lowest BCUT2D eigenvalue weighted by atomic mass is 9.92. The molecule has 0 bridgehead atoms. The molecule has 0 radical (unpaired) electrons. The molecule has 28 heavy (non-hydrogen) atoms. The van der Waals surface area contributed by atoms with E-state index in [4.69, 9.17) is 17.3 Å². The Balaban J connectivity index is 0.00000109. The number of halogens is 1. The van der Waals surface area contributed by atoms with Crippen molar-refractivity contribution in [2.75, 3.05) is 10.6 Å². The number of nitrogens with two attached hydrogens (primary N) is 1. The zero-order chi connectivity index (χ0) is 20.6. The highest BCUT2D eigenvalue weighted by molar-refractivity contribution is 6.40. The SMILES string of the molecule is CC.Nc1ccc2c3c(cccc13)C(=O)N(c1cc(C(=O)O)ccc1Cl)C2=O. The molecule has 0 spiro atoms. The number of aromatic carboxylic acids is 1. The number of anilines is 2. The second kappa shape index (κ2) is 7.32. The fraction of sp³-hybridized carbons (Fsp3) is 0.0952. The summed E-state index contributed by atoms with van der Waals surface area (Å²) >= 11 is 6.16. The van der Waals surface area contributed by atoms with E-state index in [1.807, 2.05) is 13.8 Å². The number of imide groups is 1. The number of carboxylic acid groups (broad SMARTS) is 1. The van der Waals surface area contributed by atoms with Gasteiger partial charge < -0.3 is 10.8 Å². The van der Waals surface area contributed by atoms with Gasteiger partial charge in [0.2, 0.25) is 0 Å². The molecule has 3 aromatic rings. The number of amides is 2. The Bertz CT molecular complexity index is 1120. The van der Waals surface area contributed by atoms with Gasteiger partial charge in [0.25, 0.3) is 11.8 Å². The Morgan fingerprint density at radius 1 is 1.00 bits per heavy atom. The maximum Gasteiger partial charge on any atom is 0.335 e. The Morgan fingerprint density at radius 3 is 2.29 bits per heavy atom. The van der Waals surface area contributed by atoms with Crippen LogP contribution in [0.1, 0.15) is 44.9 Å². The van der Waals surface area contributed by atoms with E-state index < -0.39 is 17.8 Å². The minimum Gasteiger partial charge on any atom is -0.478 e. The predicted octanol–water partition coefficient (Wildman–Crippen LogP) is 4.60. The topological polar surface area (TPSA) is 101 Å². The van der Waals surface area contributed by atoms with Gasteiger partial charge in [-0.2, -0.15) is 0 Å².